The van der Waals surface area contributed by atoms with E-state index in [1.54, 1.807) is 19.1 Å². The molecule has 0 aliphatic heterocycles. The molecule has 0 spiro atoms. The highest BCUT2D eigenvalue weighted by Crippen LogP contribution is 2.28. The molecule has 1 aromatic heterocycles. The van der Waals surface area contributed by atoms with Crippen LogP contribution in [0.4, 0.5) is 5.69 Å². The molecule has 0 unspecified atom stereocenters. The van der Waals surface area contributed by atoms with Crippen LogP contribution in [0.1, 0.15) is 18.2 Å². The molecular formula is C16H17NO3. The molecule has 0 amide bonds. The van der Waals surface area contributed by atoms with Gasteiger partial charge in [0.15, 0.2) is 0 Å². The van der Waals surface area contributed by atoms with Crippen molar-refractivity contribution >= 4 is 17.7 Å². The lowest BCUT2D eigenvalue weighted by atomic mass is 10.1. The fraction of sp³-hybridized carbons (Fsp3) is 0.188. The molecule has 2 rings (SSSR count). The maximum atomic E-state index is 11.2. The van der Waals surface area contributed by atoms with Gasteiger partial charge in [0.05, 0.1) is 6.61 Å². The summed E-state index contributed by atoms with van der Waals surface area (Å²) in [5, 5.41) is 0. The molecule has 4 nitrogen and oxygen atoms in total. The van der Waals surface area contributed by atoms with Crippen molar-refractivity contribution in [3.8, 4) is 11.3 Å². The Morgan fingerprint density at radius 1 is 1.35 bits per heavy atom. The lowest BCUT2D eigenvalue weighted by Gasteiger charge is -2.03. The zero-order chi connectivity index (χ0) is 14.5. The van der Waals surface area contributed by atoms with Crippen molar-refractivity contribution in [3.63, 3.8) is 0 Å². The Bertz CT molecular complexity index is 641. The van der Waals surface area contributed by atoms with Crippen molar-refractivity contribution in [2.24, 2.45) is 0 Å². The highest BCUT2D eigenvalue weighted by Gasteiger charge is 2.07. The van der Waals surface area contributed by atoms with Crippen LogP contribution in [-0.4, -0.2) is 12.6 Å². The van der Waals surface area contributed by atoms with Crippen LogP contribution in [0.5, 0.6) is 0 Å². The summed E-state index contributed by atoms with van der Waals surface area (Å²) < 4.78 is 10.4. The van der Waals surface area contributed by atoms with Crippen molar-refractivity contribution in [2.45, 2.75) is 13.8 Å². The number of rotatable bonds is 4. The van der Waals surface area contributed by atoms with Crippen molar-refractivity contribution in [2.75, 3.05) is 12.3 Å². The van der Waals surface area contributed by atoms with Gasteiger partial charge in [0, 0.05) is 17.3 Å². The molecule has 0 saturated carbocycles. The van der Waals surface area contributed by atoms with Gasteiger partial charge in [-0.3, -0.25) is 0 Å². The molecule has 0 aliphatic rings. The maximum Gasteiger partial charge on any atom is 0.330 e. The predicted molar refractivity (Wildman–Crippen MR) is 79.0 cm³/mol. The molecule has 1 heterocycles. The minimum absolute atomic E-state index is 0.354. The number of hydrogen-bond acceptors (Lipinski definition) is 4. The first kappa shape index (κ1) is 13.9. The van der Waals surface area contributed by atoms with Gasteiger partial charge in [0.2, 0.25) is 0 Å². The fourth-order valence-electron chi connectivity index (χ4n) is 1.83. The van der Waals surface area contributed by atoms with Gasteiger partial charge in [-0.15, -0.1) is 0 Å². The summed E-state index contributed by atoms with van der Waals surface area (Å²) in [5.74, 6) is 0.860. The summed E-state index contributed by atoms with van der Waals surface area (Å²) in [6.45, 7) is 4.10. The Morgan fingerprint density at radius 3 is 2.85 bits per heavy atom. The fourth-order valence-corrected chi connectivity index (χ4v) is 1.83. The topological polar surface area (TPSA) is 65.5 Å². The normalized spacial score (nSPS) is 10.9. The predicted octanol–water partition coefficient (Wildman–Crippen LogP) is 3.41. The van der Waals surface area contributed by atoms with E-state index < -0.39 is 0 Å². The molecular weight excluding hydrogens is 254 g/mol. The van der Waals surface area contributed by atoms with Crippen molar-refractivity contribution < 1.29 is 13.9 Å². The van der Waals surface area contributed by atoms with Gasteiger partial charge in [0.1, 0.15) is 11.5 Å². The maximum absolute atomic E-state index is 11.2. The summed E-state index contributed by atoms with van der Waals surface area (Å²) in [6.07, 6.45) is 2.91. The third-order valence-corrected chi connectivity index (χ3v) is 2.77. The summed E-state index contributed by atoms with van der Waals surface area (Å²) in [5.41, 5.74) is 8.58. The van der Waals surface area contributed by atoms with Crippen molar-refractivity contribution in [3.05, 3.63) is 47.7 Å². The molecule has 0 radical (unpaired) electrons. The van der Waals surface area contributed by atoms with E-state index in [4.69, 9.17) is 14.9 Å². The Morgan fingerprint density at radius 2 is 2.15 bits per heavy atom. The summed E-state index contributed by atoms with van der Waals surface area (Å²) >= 11 is 0. The van der Waals surface area contributed by atoms with Gasteiger partial charge in [-0.1, -0.05) is 6.07 Å². The second-order valence-electron chi connectivity index (χ2n) is 4.38. The van der Waals surface area contributed by atoms with E-state index in [0.717, 1.165) is 11.1 Å². The van der Waals surface area contributed by atoms with Crippen LogP contribution < -0.4 is 5.73 Å². The average molecular weight is 271 g/mol. The van der Waals surface area contributed by atoms with E-state index in [2.05, 4.69) is 0 Å². The van der Waals surface area contributed by atoms with E-state index in [-0.39, 0.29) is 5.97 Å². The van der Waals surface area contributed by atoms with E-state index in [0.29, 0.717) is 23.8 Å². The highest BCUT2D eigenvalue weighted by atomic mass is 16.5. The van der Waals surface area contributed by atoms with E-state index in [1.165, 1.54) is 6.08 Å². The lowest BCUT2D eigenvalue weighted by Crippen LogP contribution is -1.98. The third kappa shape index (κ3) is 3.29. The van der Waals surface area contributed by atoms with Crippen LogP contribution in [0, 0.1) is 6.92 Å². The largest absolute Gasteiger partial charge is 0.463 e. The molecule has 0 fully saturated rings. The number of carbonyl (C=O) groups is 1. The Balaban J connectivity index is 2.18. The smallest absolute Gasteiger partial charge is 0.330 e. The van der Waals surface area contributed by atoms with E-state index in [9.17, 15) is 4.79 Å². The van der Waals surface area contributed by atoms with Gasteiger partial charge >= 0.3 is 5.97 Å². The molecule has 20 heavy (non-hydrogen) atoms. The van der Waals surface area contributed by atoms with Gasteiger partial charge in [-0.05, 0) is 49.8 Å². The number of carbonyl (C=O) groups excluding carboxylic acids is 1. The first-order valence-electron chi connectivity index (χ1n) is 6.41. The third-order valence-electron chi connectivity index (χ3n) is 2.77. The van der Waals surface area contributed by atoms with E-state index >= 15 is 0 Å². The zero-order valence-electron chi connectivity index (χ0n) is 11.6. The molecule has 0 atom stereocenters. The molecule has 0 aliphatic carbocycles. The van der Waals surface area contributed by atoms with Gasteiger partial charge in [-0.2, -0.15) is 0 Å². The Labute approximate surface area is 117 Å². The number of nitrogens with two attached hydrogens (primary N) is 1. The molecule has 1 aromatic carbocycles. The number of aryl methyl sites for hydroxylation is 1. The Hall–Kier alpha value is -2.49. The van der Waals surface area contributed by atoms with Crippen LogP contribution in [-0.2, 0) is 9.53 Å². The van der Waals surface area contributed by atoms with Gasteiger partial charge in [-0.25, -0.2) is 4.79 Å². The first-order valence-corrected chi connectivity index (χ1v) is 6.41. The number of ether oxygens (including phenoxy) is 1. The highest BCUT2D eigenvalue weighted by molar-refractivity contribution is 5.86. The number of anilines is 1. The van der Waals surface area contributed by atoms with Crippen LogP contribution >= 0.6 is 0 Å². The minimum Gasteiger partial charge on any atom is -0.463 e. The summed E-state index contributed by atoms with van der Waals surface area (Å²) in [7, 11) is 0. The first-order chi connectivity index (χ1) is 9.60. The number of hydrogen-bond donors (Lipinski definition) is 1. The molecule has 4 heteroatoms. The second-order valence-corrected chi connectivity index (χ2v) is 4.38. The van der Waals surface area contributed by atoms with Crippen molar-refractivity contribution in [1.29, 1.82) is 0 Å². The average Bonchev–Trinajstić information content (AvgIpc) is 2.85. The van der Waals surface area contributed by atoms with Gasteiger partial charge < -0.3 is 14.9 Å². The van der Waals surface area contributed by atoms with Crippen molar-refractivity contribution in [1.82, 2.24) is 0 Å². The van der Waals surface area contributed by atoms with Crippen LogP contribution in [0.3, 0.4) is 0 Å². The molecule has 0 saturated heterocycles. The monoisotopic (exact) mass is 271 g/mol. The van der Waals surface area contributed by atoms with E-state index in [1.807, 2.05) is 31.2 Å². The Kier molecular flexibility index (Phi) is 4.25. The quantitative estimate of drug-likeness (QED) is 0.525. The number of benzene rings is 1. The number of furan rings is 1. The minimum atomic E-state index is -0.389. The summed E-state index contributed by atoms with van der Waals surface area (Å²) in [6, 6.07) is 9.40. The standard InChI is InChI=1S/C16H17NO3/c1-3-19-16(18)9-6-12-5-8-15(20-12)13-7-4-11(2)10-14(13)17/h4-10H,3,17H2,1-2H3/b9-6+. The summed E-state index contributed by atoms with van der Waals surface area (Å²) in [4.78, 5) is 11.2. The number of nitrogen functional groups attached to an aromatic ring is 1. The van der Waals surface area contributed by atoms with Gasteiger partial charge in [0.25, 0.3) is 0 Å². The molecule has 0 bridgehead atoms. The SMILES string of the molecule is CCOC(=O)/C=C/c1ccc(-c2ccc(C)cc2N)o1. The zero-order valence-corrected chi connectivity index (χ0v) is 11.6. The molecule has 2 N–H and O–H groups in total. The molecule has 104 valence electrons. The number of esters is 1. The second kappa shape index (κ2) is 6.10. The lowest BCUT2D eigenvalue weighted by molar-refractivity contribution is -0.137. The molecule has 2 aromatic rings. The van der Waals surface area contributed by atoms with Crippen LogP contribution in [0.15, 0.2) is 40.8 Å². The van der Waals surface area contributed by atoms with Crippen LogP contribution in [0.25, 0.3) is 17.4 Å². The van der Waals surface area contributed by atoms with Crippen LogP contribution in [0.2, 0.25) is 0 Å².